The lowest BCUT2D eigenvalue weighted by molar-refractivity contribution is -0.385. The Morgan fingerprint density at radius 2 is 1.73 bits per heavy atom. The molecule has 1 heterocycles. The number of nitro benzene ring substituents is 1. The van der Waals surface area contributed by atoms with Gasteiger partial charge in [-0.15, -0.1) is 0 Å². The lowest BCUT2D eigenvalue weighted by Gasteiger charge is -2.14. The van der Waals surface area contributed by atoms with Crippen LogP contribution in [0.5, 0.6) is 17.2 Å². The van der Waals surface area contributed by atoms with Gasteiger partial charge >= 0.3 is 0 Å². The van der Waals surface area contributed by atoms with E-state index in [4.69, 9.17) is 14.2 Å². The fourth-order valence-corrected chi connectivity index (χ4v) is 4.78. The Labute approximate surface area is 225 Å². The molecule has 2 amide bonds. The van der Waals surface area contributed by atoms with Crippen molar-refractivity contribution in [3.63, 3.8) is 0 Å². The number of carbonyl (C=O) groups is 2. The minimum Gasteiger partial charge on any atom is -0.493 e. The molecule has 1 aliphatic rings. The second-order valence-corrected chi connectivity index (χ2v) is 9.60. The van der Waals surface area contributed by atoms with Crippen LogP contribution < -0.4 is 14.2 Å². The number of nitrogens with zero attached hydrogens (tertiary/aromatic N) is 2. The molecule has 9 nitrogen and oxygen atoms in total. The highest BCUT2D eigenvalue weighted by Crippen LogP contribution is 2.35. The lowest BCUT2D eigenvalue weighted by atomic mass is 10.1. The molecule has 37 heavy (non-hydrogen) atoms. The van der Waals surface area contributed by atoms with Gasteiger partial charge in [0.2, 0.25) is 0 Å². The van der Waals surface area contributed by atoms with Crippen molar-refractivity contribution >= 4 is 50.6 Å². The third-order valence-electron chi connectivity index (χ3n) is 5.35. The van der Waals surface area contributed by atoms with Crippen molar-refractivity contribution in [2.24, 2.45) is 0 Å². The number of methoxy groups -OCH3 is 1. The Bertz CT molecular complexity index is 1380. The Morgan fingerprint density at radius 3 is 2.49 bits per heavy atom. The molecule has 1 aliphatic heterocycles. The number of imide groups is 1. The topological polar surface area (TPSA) is 108 Å². The van der Waals surface area contributed by atoms with Gasteiger partial charge in [-0.1, -0.05) is 40.2 Å². The van der Waals surface area contributed by atoms with Crippen LogP contribution in [0.3, 0.4) is 0 Å². The van der Waals surface area contributed by atoms with Gasteiger partial charge in [0.15, 0.2) is 11.5 Å². The smallest absolute Gasteiger partial charge is 0.293 e. The molecular weight excluding hydrogens is 564 g/mol. The van der Waals surface area contributed by atoms with Crippen LogP contribution in [0, 0.1) is 10.1 Å². The normalized spacial score (nSPS) is 14.2. The first-order valence-corrected chi connectivity index (χ1v) is 12.6. The zero-order valence-corrected chi connectivity index (χ0v) is 22.0. The Morgan fingerprint density at radius 1 is 1.00 bits per heavy atom. The minimum absolute atomic E-state index is 0.0403. The van der Waals surface area contributed by atoms with E-state index in [0.29, 0.717) is 28.4 Å². The van der Waals surface area contributed by atoms with Gasteiger partial charge < -0.3 is 14.2 Å². The number of halogens is 1. The van der Waals surface area contributed by atoms with Gasteiger partial charge in [0, 0.05) is 16.1 Å². The number of hydrogen-bond acceptors (Lipinski definition) is 8. The fraction of sp³-hybridized carbons (Fsp3) is 0.154. The van der Waals surface area contributed by atoms with Crippen LogP contribution in [0.15, 0.2) is 76.1 Å². The number of para-hydroxylation sites is 3. The monoisotopic (exact) mass is 584 g/mol. The van der Waals surface area contributed by atoms with E-state index in [9.17, 15) is 19.7 Å². The molecular formula is C26H21BrN2O7S. The van der Waals surface area contributed by atoms with Crippen molar-refractivity contribution in [2.45, 2.75) is 6.61 Å². The molecule has 3 aromatic rings. The lowest BCUT2D eigenvalue weighted by Crippen LogP contribution is -2.32. The fourth-order valence-electron chi connectivity index (χ4n) is 3.55. The van der Waals surface area contributed by atoms with Crippen LogP contribution >= 0.6 is 27.7 Å². The predicted molar refractivity (Wildman–Crippen MR) is 143 cm³/mol. The first-order valence-electron chi connectivity index (χ1n) is 11.0. The minimum atomic E-state index is -0.464. The average molecular weight is 585 g/mol. The van der Waals surface area contributed by atoms with Crippen LogP contribution in [-0.2, 0) is 11.4 Å². The highest BCUT2D eigenvalue weighted by molar-refractivity contribution is 9.10. The summed E-state index contributed by atoms with van der Waals surface area (Å²) in [5.74, 6) is 1.04. The number of amides is 2. The first-order chi connectivity index (χ1) is 17.9. The molecule has 0 unspecified atom stereocenters. The summed E-state index contributed by atoms with van der Waals surface area (Å²) >= 11 is 4.23. The zero-order chi connectivity index (χ0) is 26.4. The maximum atomic E-state index is 13.0. The number of rotatable bonds is 10. The van der Waals surface area contributed by atoms with Gasteiger partial charge in [-0.3, -0.25) is 24.6 Å². The van der Waals surface area contributed by atoms with E-state index < -0.39 is 16.1 Å². The SMILES string of the molecule is COc1ccccc1OCCN1C(=O)S/C(=C\c2cc(Br)ccc2OCc2ccccc2[N+](=O)[O-])C1=O. The molecule has 1 saturated heterocycles. The number of carbonyl (C=O) groups excluding carboxylic acids is 2. The van der Waals surface area contributed by atoms with Crippen molar-refractivity contribution in [2.75, 3.05) is 20.3 Å². The maximum absolute atomic E-state index is 13.0. The Balaban J connectivity index is 1.47. The summed E-state index contributed by atoms with van der Waals surface area (Å²) in [7, 11) is 1.53. The van der Waals surface area contributed by atoms with E-state index in [1.807, 2.05) is 6.07 Å². The van der Waals surface area contributed by atoms with Crippen LogP contribution in [-0.4, -0.2) is 41.2 Å². The summed E-state index contributed by atoms with van der Waals surface area (Å²) < 4.78 is 17.6. The molecule has 3 aromatic carbocycles. The number of thioether (sulfide) groups is 1. The van der Waals surface area contributed by atoms with Crippen molar-refractivity contribution in [1.29, 1.82) is 0 Å². The van der Waals surface area contributed by atoms with Crippen molar-refractivity contribution in [3.05, 3.63) is 97.3 Å². The number of hydrogen-bond donors (Lipinski definition) is 0. The van der Waals surface area contributed by atoms with Crippen LogP contribution in [0.4, 0.5) is 10.5 Å². The summed E-state index contributed by atoms with van der Waals surface area (Å²) in [6.07, 6.45) is 1.57. The molecule has 0 saturated carbocycles. The highest BCUT2D eigenvalue weighted by atomic mass is 79.9. The average Bonchev–Trinajstić information content (AvgIpc) is 3.16. The van der Waals surface area contributed by atoms with Gasteiger partial charge in [-0.05, 0) is 54.2 Å². The van der Waals surface area contributed by atoms with Crippen LogP contribution in [0.2, 0.25) is 0 Å². The van der Waals surface area contributed by atoms with Crippen molar-refractivity contribution in [1.82, 2.24) is 4.90 Å². The molecule has 0 aromatic heterocycles. The third kappa shape index (κ3) is 6.30. The van der Waals surface area contributed by atoms with Crippen LogP contribution in [0.25, 0.3) is 6.08 Å². The Kier molecular flexibility index (Phi) is 8.47. The van der Waals surface area contributed by atoms with Gasteiger partial charge in [-0.25, -0.2) is 0 Å². The van der Waals surface area contributed by atoms with Crippen LogP contribution in [0.1, 0.15) is 11.1 Å². The Hall–Kier alpha value is -3.83. The van der Waals surface area contributed by atoms with Crippen molar-refractivity contribution in [3.8, 4) is 17.2 Å². The van der Waals surface area contributed by atoms with Gasteiger partial charge in [0.05, 0.1) is 29.0 Å². The molecule has 0 aliphatic carbocycles. The number of benzene rings is 3. The number of nitro groups is 1. The zero-order valence-electron chi connectivity index (χ0n) is 19.6. The van der Waals surface area contributed by atoms with E-state index in [-0.39, 0.29) is 30.4 Å². The second-order valence-electron chi connectivity index (χ2n) is 7.69. The molecule has 1 fully saturated rings. The van der Waals surface area contributed by atoms with Gasteiger partial charge in [-0.2, -0.15) is 0 Å². The van der Waals surface area contributed by atoms with E-state index >= 15 is 0 Å². The highest BCUT2D eigenvalue weighted by Gasteiger charge is 2.35. The van der Waals surface area contributed by atoms with Gasteiger partial charge in [0.25, 0.3) is 16.8 Å². The molecule has 0 N–H and O–H groups in total. The molecule has 190 valence electrons. The molecule has 4 rings (SSSR count). The summed E-state index contributed by atoms with van der Waals surface area (Å²) in [6.45, 7) is 0.133. The molecule has 0 spiro atoms. The standard InChI is InChI=1S/C26H21BrN2O7S/c1-34-22-8-4-5-9-23(22)35-13-12-28-25(30)24(37-26(28)31)15-18-14-19(27)10-11-21(18)36-16-17-6-2-3-7-20(17)29(32)33/h2-11,14-15H,12-13,16H2,1H3/b24-15-. The van der Waals surface area contributed by atoms with E-state index in [1.165, 1.54) is 13.2 Å². The second kappa shape index (κ2) is 11.9. The van der Waals surface area contributed by atoms with Gasteiger partial charge in [0.1, 0.15) is 19.0 Å². The van der Waals surface area contributed by atoms with E-state index in [0.717, 1.165) is 21.1 Å². The molecule has 11 heteroatoms. The summed E-state index contributed by atoms with van der Waals surface area (Å²) in [4.78, 5) is 37.7. The largest absolute Gasteiger partial charge is 0.493 e. The first kappa shape index (κ1) is 26.2. The molecule has 0 radical (unpaired) electrons. The maximum Gasteiger partial charge on any atom is 0.293 e. The van der Waals surface area contributed by atoms with E-state index in [1.54, 1.807) is 60.7 Å². The molecule has 0 bridgehead atoms. The molecule has 0 atom stereocenters. The van der Waals surface area contributed by atoms with E-state index in [2.05, 4.69) is 15.9 Å². The van der Waals surface area contributed by atoms with Crippen molar-refractivity contribution < 1.29 is 28.7 Å². The summed E-state index contributed by atoms with van der Waals surface area (Å²) in [5, 5.41) is 10.9. The predicted octanol–water partition coefficient (Wildman–Crippen LogP) is 6.06. The number of ether oxygens (including phenoxy) is 3. The summed E-state index contributed by atoms with van der Waals surface area (Å²) in [6, 6.07) is 18.6. The quantitative estimate of drug-likeness (QED) is 0.161. The third-order valence-corrected chi connectivity index (χ3v) is 6.75. The summed E-state index contributed by atoms with van der Waals surface area (Å²) in [5.41, 5.74) is 0.915.